The minimum absolute atomic E-state index is 0.000528. The Morgan fingerprint density at radius 1 is 0.941 bits per heavy atom. The highest BCUT2D eigenvalue weighted by Gasteiger charge is 2.34. The summed E-state index contributed by atoms with van der Waals surface area (Å²) in [7, 11) is 4.79. The maximum absolute atomic E-state index is 12.8. The smallest absolute Gasteiger partial charge is 0.261 e. The lowest BCUT2D eigenvalue weighted by Crippen LogP contribution is -2.36. The molecule has 8 heteroatoms. The standard InChI is InChI=1S/C26H28N2O6/c1-32-18-15-21(33-2)24(22(16-18)34-3)17-10-13-27(14-11-17)23(29)9-6-12-28-25(30)19-7-4-5-8-20(19)26(28)31/h4-5,7-8,10,15-16H,6,9,11-14H2,1-3H3. The Morgan fingerprint density at radius 3 is 2.06 bits per heavy atom. The number of carbonyl (C=O) groups is 3. The van der Waals surface area contributed by atoms with Crippen LogP contribution in [0.3, 0.4) is 0 Å². The molecular formula is C26H28N2O6. The summed E-state index contributed by atoms with van der Waals surface area (Å²) < 4.78 is 16.4. The minimum Gasteiger partial charge on any atom is -0.496 e. The summed E-state index contributed by atoms with van der Waals surface area (Å²) in [6.45, 7) is 1.27. The van der Waals surface area contributed by atoms with Crippen molar-refractivity contribution in [1.29, 1.82) is 0 Å². The van der Waals surface area contributed by atoms with Crippen molar-refractivity contribution in [3.05, 3.63) is 59.2 Å². The Balaban J connectivity index is 1.36. The third kappa shape index (κ3) is 4.35. The van der Waals surface area contributed by atoms with Crippen LogP contribution in [0.25, 0.3) is 5.57 Å². The molecule has 2 aliphatic heterocycles. The fourth-order valence-corrected chi connectivity index (χ4v) is 4.43. The van der Waals surface area contributed by atoms with E-state index in [1.165, 1.54) is 4.90 Å². The fourth-order valence-electron chi connectivity index (χ4n) is 4.43. The summed E-state index contributed by atoms with van der Waals surface area (Å²) in [5, 5.41) is 0. The van der Waals surface area contributed by atoms with E-state index >= 15 is 0 Å². The summed E-state index contributed by atoms with van der Waals surface area (Å²) in [4.78, 5) is 40.7. The van der Waals surface area contributed by atoms with Gasteiger partial charge in [0.15, 0.2) is 0 Å². The number of carbonyl (C=O) groups excluding carboxylic acids is 3. The van der Waals surface area contributed by atoms with Crippen molar-refractivity contribution in [2.75, 3.05) is 41.0 Å². The molecule has 2 aliphatic rings. The van der Waals surface area contributed by atoms with Crippen LogP contribution in [-0.4, -0.2) is 68.5 Å². The zero-order chi connectivity index (χ0) is 24.2. The van der Waals surface area contributed by atoms with E-state index in [4.69, 9.17) is 14.2 Å². The number of imide groups is 1. The van der Waals surface area contributed by atoms with Crippen LogP contribution in [-0.2, 0) is 4.79 Å². The van der Waals surface area contributed by atoms with Crippen molar-refractivity contribution < 1.29 is 28.6 Å². The molecule has 0 aromatic heterocycles. The molecule has 2 aromatic carbocycles. The number of nitrogens with zero attached hydrogens (tertiary/aromatic N) is 2. The van der Waals surface area contributed by atoms with Gasteiger partial charge in [-0.15, -0.1) is 0 Å². The Hall–Kier alpha value is -3.81. The van der Waals surface area contributed by atoms with E-state index < -0.39 is 0 Å². The number of hydrogen-bond donors (Lipinski definition) is 0. The number of ether oxygens (including phenoxy) is 3. The maximum Gasteiger partial charge on any atom is 0.261 e. The van der Waals surface area contributed by atoms with Crippen LogP contribution in [0.15, 0.2) is 42.5 Å². The average molecular weight is 465 g/mol. The van der Waals surface area contributed by atoms with E-state index in [9.17, 15) is 14.4 Å². The first-order chi connectivity index (χ1) is 16.5. The van der Waals surface area contributed by atoms with Crippen molar-refractivity contribution >= 4 is 23.3 Å². The number of benzene rings is 2. The predicted molar refractivity (Wildman–Crippen MR) is 126 cm³/mol. The number of methoxy groups -OCH3 is 3. The van der Waals surface area contributed by atoms with E-state index in [0.29, 0.717) is 54.3 Å². The Morgan fingerprint density at radius 2 is 1.56 bits per heavy atom. The molecule has 0 aliphatic carbocycles. The van der Waals surface area contributed by atoms with Gasteiger partial charge in [0, 0.05) is 38.2 Å². The summed E-state index contributed by atoms with van der Waals surface area (Å²) in [5.41, 5.74) is 2.77. The van der Waals surface area contributed by atoms with Gasteiger partial charge >= 0.3 is 0 Å². The monoisotopic (exact) mass is 464 g/mol. The van der Waals surface area contributed by atoms with Gasteiger partial charge in [-0.05, 0) is 30.5 Å². The van der Waals surface area contributed by atoms with Crippen molar-refractivity contribution in [3.63, 3.8) is 0 Å². The van der Waals surface area contributed by atoms with Crippen LogP contribution >= 0.6 is 0 Å². The van der Waals surface area contributed by atoms with Gasteiger partial charge in [-0.1, -0.05) is 18.2 Å². The van der Waals surface area contributed by atoms with Gasteiger partial charge in [0.1, 0.15) is 17.2 Å². The van der Waals surface area contributed by atoms with Crippen LogP contribution in [0.4, 0.5) is 0 Å². The van der Waals surface area contributed by atoms with Gasteiger partial charge < -0.3 is 19.1 Å². The van der Waals surface area contributed by atoms with Crippen LogP contribution < -0.4 is 14.2 Å². The first-order valence-corrected chi connectivity index (χ1v) is 11.2. The van der Waals surface area contributed by atoms with Gasteiger partial charge in [-0.25, -0.2) is 0 Å². The predicted octanol–water partition coefficient (Wildman–Crippen LogP) is 3.40. The molecule has 2 aromatic rings. The highest BCUT2D eigenvalue weighted by atomic mass is 16.5. The highest BCUT2D eigenvalue weighted by Crippen LogP contribution is 2.40. The average Bonchev–Trinajstić information content (AvgIpc) is 3.12. The molecule has 0 radical (unpaired) electrons. The second-order valence-electron chi connectivity index (χ2n) is 8.14. The molecule has 0 spiro atoms. The van der Waals surface area contributed by atoms with E-state index in [1.54, 1.807) is 50.5 Å². The van der Waals surface area contributed by atoms with Crippen LogP contribution in [0, 0.1) is 0 Å². The molecule has 4 rings (SSSR count). The van der Waals surface area contributed by atoms with Crippen LogP contribution in [0.5, 0.6) is 17.2 Å². The van der Waals surface area contributed by atoms with E-state index in [0.717, 1.165) is 11.1 Å². The van der Waals surface area contributed by atoms with E-state index in [2.05, 4.69) is 0 Å². The second-order valence-corrected chi connectivity index (χ2v) is 8.14. The lowest BCUT2D eigenvalue weighted by molar-refractivity contribution is -0.130. The van der Waals surface area contributed by atoms with Crippen LogP contribution in [0.1, 0.15) is 45.5 Å². The van der Waals surface area contributed by atoms with E-state index in [-0.39, 0.29) is 30.7 Å². The SMILES string of the molecule is COc1cc(OC)c(C2=CCN(C(=O)CCCN3C(=O)c4ccccc4C3=O)CC2)c(OC)c1. The fraction of sp³-hybridized carbons (Fsp3) is 0.346. The van der Waals surface area contributed by atoms with Gasteiger partial charge in [0.05, 0.1) is 38.0 Å². The van der Waals surface area contributed by atoms with Crippen molar-refractivity contribution in [3.8, 4) is 17.2 Å². The molecule has 0 saturated heterocycles. The van der Waals surface area contributed by atoms with Crippen molar-refractivity contribution in [1.82, 2.24) is 9.80 Å². The molecule has 0 saturated carbocycles. The Bertz CT molecular complexity index is 1100. The second kappa shape index (κ2) is 9.99. The topological polar surface area (TPSA) is 85.4 Å². The highest BCUT2D eigenvalue weighted by molar-refractivity contribution is 6.21. The molecule has 8 nitrogen and oxygen atoms in total. The third-order valence-electron chi connectivity index (χ3n) is 6.25. The van der Waals surface area contributed by atoms with Crippen LogP contribution in [0.2, 0.25) is 0 Å². The van der Waals surface area contributed by atoms with Gasteiger partial charge in [-0.2, -0.15) is 0 Å². The minimum atomic E-state index is -0.291. The number of rotatable bonds is 8. The quantitative estimate of drug-likeness (QED) is 0.557. The molecule has 0 N–H and O–H groups in total. The van der Waals surface area contributed by atoms with Gasteiger partial charge in [0.2, 0.25) is 5.91 Å². The number of amides is 3. The summed E-state index contributed by atoms with van der Waals surface area (Å²) in [5.74, 6) is 1.37. The molecule has 178 valence electrons. The van der Waals surface area contributed by atoms with Gasteiger partial charge in [0.25, 0.3) is 11.8 Å². The zero-order valence-electron chi connectivity index (χ0n) is 19.6. The first kappa shape index (κ1) is 23.4. The molecule has 0 unspecified atom stereocenters. The summed E-state index contributed by atoms with van der Waals surface area (Å²) in [6, 6.07) is 10.4. The molecule has 3 amide bonds. The first-order valence-electron chi connectivity index (χ1n) is 11.2. The largest absolute Gasteiger partial charge is 0.496 e. The third-order valence-corrected chi connectivity index (χ3v) is 6.25. The molecule has 0 fully saturated rings. The molecular weight excluding hydrogens is 436 g/mol. The molecule has 0 atom stereocenters. The van der Waals surface area contributed by atoms with Gasteiger partial charge in [-0.3, -0.25) is 19.3 Å². The molecule has 2 heterocycles. The zero-order valence-corrected chi connectivity index (χ0v) is 19.6. The Kier molecular flexibility index (Phi) is 6.86. The summed E-state index contributed by atoms with van der Waals surface area (Å²) in [6.07, 6.45) is 3.37. The maximum atomic E-state index is 12.8. The Labute approximate surface area is 198 Å². The lowest BCUT2D eigenvalue weighted by Gasteiger charge is -2.28. The van der Waals surface area contributed by atoms with E-state index in [1.807, 2.05) is 18.2 Å². The lowest BCUT2D eigenvalue weighted by atomic mass is 9.97. The summed E-state index contributed by atoms with van der Waals surface area (Å²) >= 11 is 0. The molecule has 0 bridgehead atoms. The number of hydrogen-bond acceptors (Lipinski definition) is 6. The molecule has 34 heavy (non-hydrogen) atoms. The normalized spacial score (nSPS) is 15.2. The van der Waals surface area contributed by atoms with Crippen molar-refractivity contribution in [2.45, 2.75) is 19.3 Å². The van der Waals surface area contributed by atoms with Crippen molar-refractivity contribution in [2.24, 2.45) is 0 Å². The number of fused-ring (bicyclic) bond motifs is 1.